The van der Waals surface area contributed by atoms with Gasteiger partial charge in [-0.1, -0.05) is 0 Å². The molecule has 116 valence electrons. The maximum absolute atomic E-state index is 11.8. The van der Waals surface area contributed by atoms with Crippen LogP contribution in [-0.4, -0.2) is 43.7 Å². The number of anilines is 1. The number of carbonyl (C=O) groups is 1. The Balaban J connectivity index is 1.54. The lowest BCUT2D eigenvalue weighted by atomic mass is 10.1. The average Bonchev–Trinajstić information content (AvgIpc) is 3.07. The summed E-state index contributed by atoms with van der Waals surface area (Å²) in [5, 5.41) is 6.73. The Bertz CT molecular complexity index is 607. The second-order valence-electron chi connectivity index (χ2n) is 5.27. The number of aromatic nitrogens is 5. The van der Waals surface area contributed by atoms with Gasteiger partial charge in [-0.2, -0.15) is 5.10 Å². The molecule has 3 rings (SSSR count). The summed E-state index contributed by atoms with van der Waals surface area (Å²) in [6.45, 7) is 2.55. The summed E-state index contributed by atoms with van der Waals surface area (Å²) in [4.78, 5) is 26.7. The molecule has 0 unspecified atom stereocenters. The Hall–Kier alpha value is -2.51. The van der Waals surface area contributed by atoms with Crippen LogP contribution in [0.25, 0.3) is 0 Å². The summed E-state index contributed by atoms with van der Waals surface area (Å²) in [5.74, 6) is 0.631. The molecule has 1 fully saturated rings. The van der Waals surface area contributed by atoms with Crippen molar-refractivity contribution in [1.29, 1.82) is 0 Å². The molecule has 0 bridgehead atoms. The number of carbonyl (C=O) groups excluding carboxylic acids is 1. The molecule has 1 amide bonds. The van der Waals surface area contributed by atoms with Crippen LogP contribution in [0.1, 0.15) is 25.0 Å². The van der Waals surface area contributed by atoms with Crippen LogP contribution in [-0.2, 0) is 17.9 Å². The van der Waals surface area contributed by atoms with Gasteiger partial charge in [0.05, 0.1) is 12.2 Å². The predicted octanol–water partition coefficient (Wildman–Crippen LogP) is 0.375. The molecular weight excluding hydrogens is 282 g/mol. The topological polar surface area (TPSA) is 88.8 Å². The average molecular weight is 301 g/mol. The fourth-order valence-corrected chi connectivity index (χ4v) is 2.44. The highest BCUT2D eigenvalue weighted by Crippen LogP contribution is 2.15. The fourth-order valence-electron chi connectivity index (χ4n) is 2.44. The molecule has 0 aromatic carbocycles. The summed E-state index contributed by atoms with van der Waals surface area (Å²) in [5.41, 5.74) is 0.808. The smallest absolute Gasteiger partial charge is 0.242 e. The third-order valence-corrected chi connectivity index (χ3v) is 3.58. The minimum absolute atomic E-state index is 0.122. The molecule has 2 aromatic rings. The minimum atomic E-state index is -0.122. The number of nitrogens with one attached hydrogen (secondary N) is 1. The third kappa shape index (κ3) is 3.78. The van der Waals surface area contributed by atoms with Gasteiger partial charge in [-0.15, -0.1) is 0 Å². The van der Waals surface area contributed by atoms with Crippen molar-refractivity contribution in [2.45, 2.75) is 32.4 Å². The van der Waals surface area contributed by atoms with Crippen LogP contribution in [0.4, 0.5) is 5.95 Å². The largest absolute Gasteiger partial charge is 0.349 e. The van der Waals surface area contributed by atoms with E-state index in [1.165, 1.54) is 36.6 Å². The molecule has 0 saturated carbocycles. The molecular formula is C14H19N7O. The van der Waals surface area contributed by atoms with E-state index in [1.807, 2.05) is 6.07 Å². The van der Waals surface area contributed by atoms with Crippen LogP contribution >= 0.6 is 0 Å². The second-order valence-corrected chi connectivity index (χ2v) is 5.27. The van der Waals surface area contributed by atoms with Crippen molar-refractivity contribution in [2.24, 2.45) is 0 Å². The fraction of sp³-hybridized carbons (Fsp3) is 0.500. The van der Waals surface area contributed by atoms with E-state index in [0.29, 0.717) is 6.54 Å². The van der Waals surface area contributed by atoms with Crippen LogP contribution in [0.15, 0.2) is 24.9 Å². The van der Waals surface area contributed by atoms with E-state index < -0.39 is 0 Å². The Morgan fingerprint density at radius 1 is 1.27 bits per heavy atom. The van der Waals surface area contributed by atoms with Crippen LogP contribution in [0, 0.1) is 0 Å². The van der Waals surface area contributed by atoms with Gasteiger partial charge in [0.1, 0.15) is 19.2 Å². The maximum Gasteiger partial charge on any atom is 0.242 e. The molecule has 1 aliphatic rings. The van der Waals surface area contributed by atoms with Gasteiger partial charge in [0, 0.05) is 19.3 Å². The van der Waals surface area contributed by atoms with Gasteiger partial charge in [0.2, 0.25) is 11.9 Å². The number of rotatable bonds is 5. The van der Waals surface area contributed by atoms with E-state index in [2.05, 4.69) is 30.3 Å². The van der Waals surface area contributed by atoms with Crippen molar-refractivity contribution in [3.05, 3.63) is 30.6 Å². The number of hydrogen-bond acceptors (Lipinski definition) is 6. The summed E-state index contributed by atoms with van der Waals surface area (Å²) in [6, 6.07) is 1.82. The van der Waals surface area contributed by atoms with E-state index in [-0.39, 0.29) is 12.5 Å². The van der Waals surface area contributed by atoms with Crippen LogP contribution in [0.2, 0.25) is 0 Å². The Morgan fingerprint density at radius 3 is 2.91 bits per heavy atom. The van der Waals surface area contributed by atoms with Gasteiger partial charge in [-0.05, 0) is 25.3 Å². The summed E-state index contributed by atoms with van der Waals surface area (Å²) in [7, 11) is 0. The zero-order valence-electron chi connectivity index (χ0n) is 12.4. The first-order valence-electron chi connectivity index (χ1n) is 7.47. The minimum Gasteiger partial charge on any atom is -0.349 e. The highest BCUT2D eigenvalue weighted by Gasteiger charge is 2.13. The summed E-state index contributed by atoms with van der Waals surface area (Å²) in [6.07, 6.45) is 8.30. The van der Waals surface area contributed by atoms with E-state index >= 15 is 0 Å². The molecule has 0 spiro atoms. The summed E-state index contributed by atoms with van der Waals surface area (Å²) >= 11 is 0. The highest BCUT2D eigenvalue weighted by atomic mass is 16.2. The Morgan fingerprint density at radius 2 is 2.14 bits per heavy atom. The normalized spacial score (nSPS) is 14.8. The van der Waals surface area contributed by atoms with E-state index in [0.717, 1.165) is 24.7 Å². The number of hydrogen-bond donors (Lipinski definition) is 1. The SMILES string of the molecule is O=C(Cn1cncn1)NCc1ccnc(N2CCCCC2)n1. The van der Waals surface area contributed by atoms with Crippen molar-refractivity contribution in [1.82, 2.24) is 30.0 Å². The first-order chi connectivity index (χ1) is 10.8. The van der Waals surface area contributed by atoms with E-state index in [9.17, 15) is 4.79 Å². The highest BCUT2D eigenvalue weighted by molar-refractivity contribution is 5.75. The lowest BCUT2D eigenvalue weighted by Crippen LogP contribution is -2.32. The molecule has 2 aromatic heterocycles. The van der Waals surface area contributed by atoms with Gasteiger partial charge in [0.15, 0.2) is 0 Å². The first-order valence-corrected chi connectivity index (χ1v) is 7.47. The molecule has 1 aliphatic heterocycles. The first kappa shape index (κ1) is 14.4. The van der Waals surface area contributed by atoms with Gasteiger partial charge in [0.25, 0.3) is 0 Å². The van der Waals surface area contributed by atoms with Crippen molar-refractivity contribution >= 4 is 11.9 Å². The molecule has 8 nitrogen and oxygen atoms in total. The standard InChI is InChI=1S/C14H19N7O/c22-13(9-21-11-15-10-18-21)17-8-12-4-5-16-14(19-12)20-6-2-1-3-7-20/h4-5,10-11H,1-3,6-9H2,(H,17,22). The number of amides is 1. The molecule has 0 radical (unpaired) electrons. The molecule has 0 aliphatic carbocycles. The quantitative estimate of drug-likeness (QED) is 0.858. The molecule has 1 saturated heterocycles. The second kappa shape index (κ2) is 6.97. The third-order valence-electron chi connectivity index (χ3n) is 3.58. The van der Waals surface area contributed by atoms with Crippen LogP contribution in [0.5, 0.6) is 0 Å². The molecule has 22 heavy (non-hydrogen) atoms. The van der Waals surface area contributed by atoms with Gasteiger partial charge in [-0.25, -0.2) is 19.6 Å². The van der Waals surface area contributed by atoms with Crippen LogP contribution < -0.4 is 10.2 Å². The number of piperidine rings is 1. The molecule has 1 N–H and O–H groups in total. The molecule has 0 atom stereocenters. The van der Waals surface area contributed by atoms with Crippen molar-refractivity contribution < 1.29 is 4.79 Å². The van der Waals surface area contributed by atoms with Crippen molar-refractivity contribution in [2.75, 3.05) is 18.0 Å². The van der Waals surface area contributed by atoms with E-state index in [1.54, 1.807) is 6.20 Å². The zero-order chi connectivity index (χ0) is 15.2. The Labute approximate surface area is 128 Å². The van der Waals surface area contributed by atoms with Crippen molar-refractivity contribution in [3.8, 4) is 0 Å². The van der Waals surface area contributed by atoms with Gasteiger partial charge < -0.3 is 10.2 Å². The lowest BCUT2D eigenvalue weighted by Gasteiger charge is -2.26. The summed E-state index contributed by atoms with van der Waals surface area (Å²) < 4.78 is 1.48. The van der Waals surface area contributed by atoms with Gasteiger partial charge in [-0.3, -0.25) is 4.79 Å². The number of nitrogens with zero attached hydrogens (tertiary/aromatic N) is 6. The predicted molar refractivity (Wildman–Crippen MR) is 80.0 cm³/mol. The maximum atomic E-state index is 11.8. The lowest BCUT2D eigenvalue weighted by molar-refractivity contribution is -0.122. The molecule has 3 heterocycles. The van der Waals surface area contributed by atoms with Gasteiger partial charge >= 0.3 is 0 Å². The zero-order valence-corrected chi connectivity index (χ0v) is 12.4. The van der Waals surface area contributed by atoms with Crippen LogP contribution in [0.3, 0.4) is 0 Å². The molecule has 8 heteroatoms. The van der Waals surface area contributed by atoms with E-state index in [4.69, 9.17) is 0 Å². The Kier molecular flexibility index (Phi) is 4.57. The monoisotopic (exact) mass is 301 g/mol. The van der Waals surface area contributed by atoms with Crippen molar-refractivity contribution in [3.63, 3.8) is 0 Å².